The van der Waals surface area contributed by atoms with E-state index in [0.29, 0.717) is 0 Å². The molecule has 2 heteroatoms. The molecule has 0 spiro atoms. The van der Waals surface area contributed by atoms with Gasteiger partial charge in [-0.1, -0.05) is 6.07 Å². The Morgan fingerprint density at radius 3 is 2.31 bits per heavy atom. The van der Waals surface area contributed by atoms with E-state index < -0.39 is 0 Å². The molecule has 0 radical (unpaired) electrons. The SMILES string of the molecule is Cc1ccc(N(C)C(C)(C)CCO)cc1C. The maximum Gasteiger partial charge on any atom is 0.0453 e. The van der Waals surface area contributed by atoms with Crippen molar-refractivity contribution in [1.82, 2.24) is 0 Å². The average Bonchev–Trinajstić information content (AvgIpc) is 2.21. The molecule has 0 aromatic heterocycles. The molecular weight excluding hydrogens is 198 g/mol. The molecule has 0 aliphatic rings. The van der Waals surface area contributed by atoms with Crippen molar-refractivity contribution in [3.05, 3.63) is 29.3 Å². The van der Waals surface area contributed by atoms with Gasteiger partial charge in [-0.15, -0.1) is 0 Å². The van der Waals surface area contributed by atoms with Gasteiger partial charge in [0.2, 0.25) is 0 Å². The molecule has 90 valence electrons. The van der Waals surface area contributed by atoms with Crippen LogP contribution in [-0.2, 0) is 0 Å². The predicted octanol–water partition coefficient (Wildman–Crippen LogP) is 2.90. The Bertz CT molecular complexity index is 358. The molecule has 1 N–H and O–H groups in total. The van der Waals surface area contributed by atoms with Crippen molar-refractivity contribution in [3.8, 4) is 0 Å². The molecule has 0 atom stereocenters. The lowest BCUT2D eigenvalue weighted by Gasteiger charge is -2.37. The minimum Gasteiger partial charge on any atom is -0.396 e. The van der Waals surface area contributed by atoms with Crippen molar-refractivity contribution >= 4 is 5.69 Å². The lowest BCUT2D eigenvalue weighted by atomic mass is 9.97. The van der Waals surface area contributed by atoms with Crippen LogP contribution in [-0.4, -0.2) is 24.3 Å². The van der Waals surface area contributed by atoms with Crippen molar-refractivity contribution < 1.29 is 5.11 Å². The Kier molecular flexibility index (Phi) is 3.98. The van der Waals surface area contributed by atoms with Gasteiger partial charge in [0.05, 0.1) is 0 Å². The Balaban J connectivity index is 2.95. The zero-order chi connectivity index (χ0) is 12.3. The molecule has 0 bridgehead atoms. The number of aliphatic hydroxyl groups is 1. The molecule has 1 aromatic rings. The molecular formula is C14H23NO. The summed E-state index contributed by atoms with van der Waals surface area (Å²) in [6.07, 6.45) is 0.774. The van der Waals surface area contributed by atoms with Gasteiger partial charge in [-0.3, -0.25) is 0 Å². The molecule has 0 heterocycles. The molecule has 0 saturated heterocycles. The number of rotatable bonds is 4. The van der Waals surface area contributed by atoms with Gasteiger partial charge in [0.15, 0.2) is 0 Å². The topological polar surface area (TPSA) is 23.5 Å². The van der Waals surface area contributed by atoms with Crippen LogP contribution in [0, 0.1) is 13.8 Å². The second kappa shape index (κ2) is 4.88. The third-order valence-corrected chi connectivity index (χ3v) is 3.51. The Labute approximate surface area is 98.9 Å². The van der Waals surface area contributed by atoms with Crippen LogP contribution < -0.4 is 4.90 Å². The summed E-state index contributed by atoms with van der Waals surface area (Å²) in [7, 11) is 2.08. The van der Waals surface area contributed by atoms with Gasteiger partial charge < -0.3 is 10.0 Å². The molecule has 2 nitrogen and oxygen atoms in total. The first-order valence-electron chi connectivity index (χ1n) is 5.80. The van der Waals surface area contributed by atoms with Gasteiger partial charge in [0.1, 0.15) is 0 Å². The first-order chi connectivity index (χ1) is 7.38. The van der Waals surface area contributed by atoms with Crippen LogP contribution in [0.5, 0.6) is 0 Å². The third kappa shape index (κ3) is 2.76. The summed E-state index contributed by atoms with van der Waals surface area (Å²) in [5, 5.41) is 9.07. The Morgan fingerprint density at radius 1 is 1.19 bits per heavy atom. The van der Waals surface area contributed by atoms with Crippen molar-refractivity contribution in [2.45, 2.75) is 39.7 Å². The molecule has 0 aliphatic carbocycles. The summed E-state index contributed by atoms with van der Waals surface area (Å²) in [5.74, 6) is 0. The maximum atomic E-state index is 9.07. The van der Waals surface area contributed by atoms with Crippen molar-refractivity contribution in [2.75, 3.05) is 18.6 Å². The van der Waals surface area contributed by atoms with E-state index in [-0.39, 0.29) is 12.1 Å². The summed E-state index contributed by atoms with van der Waals surface area (Å²) in [5.41, 5.74) is 3.82. The zero-order valence-electron chi connectivity index (χ0n) is 11.0. The molecule has 0 amide bonds. The van der Waals surface area contributed by atoms with Crippen LogP contribution in [0.2, 0.25) is 0 Å². The number of hydrogen-bond donors (Lipinski definition) is 1. The average molecular weight is 221 g/mol. The van der Waals surface area contributed by atoms with Crippen LogP contribution in [0.3, 0.4) is 0 Å². The summed E-state index contributed by atoms with van der Waals surface area (Å²) in [4.78, 5) is 2.23. The molecule has 0 unspecified atom stereocenters. The van der Waals surface area contributed by atoms with E-state index in [1.165, 1.54) is 16.8 Å². The van der Waals surface area contributed by atoms with E-state index in [1.807, 2.05) is 0 Å². The predicted molar refractivity (Wildman–Crippen MR) is 70.1 cm³/mol. The van der Waals surface area contributed by atoms with E-state index in [2.05, 4.69) is 57.8 Å². The Morgan fingerprint density at radius 2 is 1.81 bits per heavy atom. The fraction of sp³-hybridized carbons (Fsp3) is 0.571. The van der Waals surface area contributed by atoms with E-state index >= 15 is 0 Å². The smallest absolute Gasteiger partial charge is 0.0453 e. The standard InChI is InChI=1S/C14H23NO/c1-11-6-7-13(10-12(11)2)15(5)14(3,4)8-9-16/h6-7,10,16H,8-9H2,1-5H3. The van der Waals surface area contributed by atoms with Crippen molar-refractivity contribution in [2.24, 2.45) is 0 Å². The summed E-state index contributed by atoms with van der Waals surface area (Å²) >= 11 is 0. The van der Waals surface area contributed by atoms with Gasteiger partial charge in [-0.25, -0.2) is 0 Å². The highest BCUT2D eigenvalue weighted by Gasteiger charge is 2.23. The van der Waals surface area contributed by atoms with E-state index in [9.17, 15) is 0 Å². The monoisotopic (exact) mass is 221 g/mol. The van der Waals surface area contributed by atoms with Gasteiger partial charge in [0.25, 0.3) is 0 Å². The normalized spacial score (nSPS) is 11.6. The zero-order valence-corrected chi connectivity index (χ0v) is 11.0. The van der Waals surface area contributed by atoms with Crippen LogP contribution in [0.4, 0.5) is 5.69 Å². The first kappa shape index (κ1) is 13.0. The summed E-state index contributed by atoms with van der Waals surface area (Å²) in [6, 6.07) is 6.49. The maximum absolute atomic E-state index is 9.07. The highest BCUT2D eigenvalue weighted by molar-refractivity contribution is 5.51. The number of aryl methyl sites for hydroxylation is 2. The van der Waals surface area contributed by atoms with E-state index in [1.54, 1.807) is 0 Å². The fourth-order valence-corrected chi connectivity index (χ4v) is 1.73. The molecule has 0 aliphatic heterocycles. The molecule has 0 saturated carbocycles. The number of benzene rings is 1. The third-order valence-electron chi connectivity index (χ3n) is 3.51. The summed E-state index contributed by atoms with van der Waals surface area (Å²) in [6.45, 7) is 8.78. The van der Waals surface area contributed by atoms with Gasteiger partial charge in [-0.2, -0.15) is 0 Å². The number of nitrogens with zero attached hydrogens (tertiary/aromatic N) is 1. The highest BCUT2D eigenvalue weighted by Crippen LogP contribution is 2.26. The minimum atomic E-state index is -0.0174. The van der Waals surface area contributed by atoms with E-state index in [0.717, 1.165) is 6.42 Å². The lowest BCUT2D eigenvalue weighted by molar-refractivity contribution is 0.250. The van der Waals surface area contributed by atoms with Crippen LogP contribution >= 0.6 is 0 Å². The Hall–Kier alpha value is -1.02. The summed E-state index contributed by atoms with van der Waals surface area (Å²) < 4.78 is 0. The highest BCUT2D eigenvalue weighted by atomic mass is 16.3. The second-order valence-corrected chi connectivity index (χ2v) is 5.11. The van der Waals surface area contributed by atoms with Crippen molar-refractivity contribution in [3.63, 3.8) is 0 Å². The number of aliphatic hydroxyl groups excluding tert-OH is 1. The first-order valence-corrected chi connectivity index (χ1v) is 5.80. The number of anilines is 1. The van der Waals surface area contributed by atoms with Gasteiger partial charge >= 0.3 is 0 Å². The molecule has 1 rings (SSSR count). The minimum absolute atomic E-state index is 0.0174. The van der Waals surface area contributed by atoms with Crippen LogP contribution in [0.25, 0.3) is 0 Å². The van der Waals surface area contributed by atoms with Crippen LogP contribution in [0.15, 0.2) is 18.2 Å². The molecule has 16 heavy (non-hydrogen) atoms. The van der Waals surface area contributed by atoms with Crippen molar-refractivity contribution in [1.29, 1.82) is 0 Å². The second-order valence-electron chi connectivity index (χ2n) is 5.11. The van der Waals surface area contributed by atoms with Crippen LogP contribution in [0.1, 0.15) is 31.4 Å². The van der Waals surface area contributed by atoms with E-state index in [4.69, 9.17) is 5.11 Å². The lowest BCUT2D eigenvalue weighted by Crippen LogP contribution is -2.42. The molecule has 1 aromatic carbocycles. The molecule has 0 fully saturated rings. The fourth-order valence-electron chi connectivity index (χ4n) is 1.73. The quantitative estimate of drug-likeness (QED) is 0.845. The van der Waals surface area contributed by atoms with Gasteiger partial charge in [-0.05, 0) is 57.4 Å². The number of hydrogen-bond acceptors (Lipinski definition) is 2. The largest absolute Gasteiger partial charge is 0.396 e. The van der Waals surface area contributed by atoms with Gasteiger partial charge in [0, 0.05) is 24.9 Å².